The van der Waals surface area contributed by atoms with E-state index in [4.69, 9.17) is 15.0 Å². The molecule has 0 saturated heterocycles. The summed E-state index contributed by atoms with van der Waals surface area (Å²) in [7, 11) is 1.60. The quantitative estimate of drug-likeness (QED) is 0.752. The van der Waals surface area contributed by atoms with Crippen LogP contribution >= 0.6 is 0 Å². The normalized spacial score (nSPS) is 14.4. The molecule has 1 aromatic carbocycles. The summed E-state index contributed by atoms with van der Waals surface area (Å²) in [5, 5.41) is 5.07. The Morgan fingerprint density at radius 1 is 1.38 bits per heavy atom. The summed E-state index contributed by atoms with van der Waals surface area (Å²) in [5.74, 6) is 0.945. The van der Waals surface area contributed by atoms with Crippen LogP contribution in [0.25, 0.3) is 10.9 Å². The van der Waals surface area contributed by atoms with Crippen molar-refractivity contribution in [2.24, 2.45) is 5.73 Å². The van der Waals surface area contributed by atoms with Gasteiger partial charge in [-0.3, -0.25) is 0 Å². The van der Waals surface area contributed by atoms with Gasteiger partial charge in [-0.25, -0.2) is 0 Å². The second-order valence-electron chi connectivity index (χ2n) is 5.04. The Bertz CT molecular complexity index is 734. The summed E-state index contributed by atoms with van der Waals surface area (Å²) in [6, 6.07) is 7.78. The van der Waals surface area contributed by atoms with Gasteiger partial charge in [0, 0.05) is 24.2 Å². The highest BCUT2D eigenvalue weighted by molar-refractivity contribution is 5.83. The summed E-state index contributed by atoms with van der Waals surface area (Å²) in [6.45, 7) is 1.86. The third-order valence-electron chi connectivity index (χ3n) is 3.61. The van der Waals surface area contributed by atoms with E-state index in [9.17, 15) is 0 Å². The average molecular weight is 286 g/mol. The first-order valence-electron chi connectivity index (χ1n) is 6.86. The molecule has 2 atom stereocenters. The van der Waals surface area contributed by atoms with Crippen molar-refractivity contribution in [2.75, 3.05) is 7.11 Å². The molecule has 3 aromatic rings. The Morgan fingerprint density at radius 2 is 2.19 bits per heavy atom. The van der Waals surface area contributed by atoms with Crippen LogP contribution in [-0.4, -0.2) is 22.2 Å². The SMILES string of the molecule is COC(C)c1noc([C@H](N)Cc2c[nH]c3ccccc23)n1. The monoisotopic (exact) mass is 286 g/mol. The molecule has 3 rings (SSSR count). The van der Waals surface area contributed by atoms with Crippen LogP contribution in [0, 0.1) is 0 Å². The minimum Gasteiger partial charge on any atom is -0.374 e. The van der Waals surface area contributed by atoms with E-state index in [1.165, 1.54) is 0 Å². The third-order valence-corrected chi connectivity index (χ3v) is 3.61. The summed E-state index contributed by atoms with van der Waals surface area (Å²) in [5.41, 5.74) is 8.41. The molecule has 6 heteroatoms. The van der Waals surface area contributed by atoms with E-state index in [2.05, 4.69) is 21.2 Å². The lowest BCUT2D eigenvalue weighted by Gasteiger charge is -2.05. The molecule has 0 fully saturated rings. The Balaban J connectivity index is 1.79. The summed E-state index contributed by atoms with van der Waals surface area (Å²) < 4.78 is 10.4. The molecule has 0 bridgehead atoms. The van der Waals surface area contributed by atoms with Crippen LogP contribution in [-0.2, 0) is 11.2 Å². The number of aromatic nitrogens is 3. The number of ether oxygens (including phenoxy) is 1. The molecule has 1 unspecified atom stereocenters. The standard InChI is InChI=1S/C15H18N4O2/c1-9(20-2)14-18-15(21-19-14)12(16)7-10-8-17-13-6-4-3-5-11(10)13/h3-6,8-9,12,17H,7,16H2,1-2H3/t9?,12-/m1/s1. The van der Waals surface area contributed by atoms with E-state index in [1.54, 1.807) is 7.11 Å². The fraction of sp³-hybridized carbons (Fsp3) is 0.333. The number of nitrogens with two attached hydrogens (primary N) is 1. The number of rotatable bonds is 5. The molecule has 0 aliphatic carbocycles. The van der Waals surface area contributed by atoms with Crippen LogP contribution in [0.15, 0.2) is 35.0 Å². The number of para-hydroxylation sites is 1. The highest BCUT2D eigenvalue weighted by atomic mass is 16.5. The van der Waals surface area contributed by atoms with Crippen molar-refractivity contribution in [2.45, 2.75) is 25.5 Å². The predicted molar refractivity (Wildman–Crippen MR) is 78.7 cm³/mol. The van der Waals surface area contributed by atoms with Gasteiger partial charge < -0.3 is 20.0 Å². The van der Waals surface area contributed by atoms with E-state index in [1.807, 2.05) is 31.3 Å². The van der Waals surface area contributed by atoms with Crippen molar-refractivity contribution < 1.29 is 9.26 Å². The Kier molecular flexibility index (Phi) is 3.72. The van der Waals surface area contributed by atoms with Gasteiger partial charge >= 0.3 is 0 Å². The van der Waals surface area contributed by atoms with Gasteiger partial charge in [-0.15, -0.1) is 0 Å². The molecule has 0 saturated carbocycles. The second kappa shape index (κ2) is 5.67. The van der Waals surface area contributed by atoms with Crippen molar-refractivity contribution in [1.82, 2.24) is 15.1 Å². The van der Waals surface area contributed by atoms with Crippen molar-refractivity contribution >= 4 is 10.9 Å². The Labute approximate surface area is 122 Å². The van der Waals surface area contributed by atoms with Crippen LogP contribution in [0.4, 0.5) is 0 Å². The maximum atomic E-state index is 6.18. The number of hydrogen-bond donors (Lipinski definition) is 2. The van der Waals surface area contributed by atoms with E-state index in [0.717, 1.165) is 16.5 Å². The molecule has 0 radical (unpaired) electrons. The zero-order valence-corrected chi connectivity index (χ0v) is 12.0. The summed E-state index contributed by atoms with van der Waals surface area (Å²) in [4.78, 5) is 7.54. The molecule has 0 aliphatic rings. The van der Waals surface area contributed by atoms with Gasteiger partial charge in [-0.2, -0.15) is 4.98 Å². The molecule has 110 valence electrons. The molecule has 0 spiro atoms. The van der Waals surface area contributed by atoms with Gasteiger partial charge in [0.05, 0.1) is 6.04 Å². The molecule has 21 heavy (non-hydrogen) atoms. The van der Waals surface area contributed by atoms with Gasteiger partial charge in [0.2, 0.25) is 5.89 Å². The average Bonchev–Trinajstić information content (AvgIpc) is 3.14. The molecule has 3 N–H and O–H groups in total. The fourth-order valence-corrected chi connectivity index (χ4v) is 2.29. The highest BCUT2D eigenvalue weighted by Gasteiger charge is 2.19. The summed E-state index contributed by atoms with van der Waals surface area (Å²) in [6.07, 6.45) is 2.40. The molecular formula is C15H18N4O2. The first kappa shape index (κ1) is 13.8. The minimum atomic E-state index is -0.338. The van der Waals surface area contributed by atoms with E-state index >= 15 is 0 Å². The Morgan fingerprint density at radius 3 is 3.00 bits per heavy atom. The number of fused-ring (bicyclic) bond motifs is 1. The third kappa shape index (κ3) is 2.68. The maximum Gasteiger partial charge on any atom is 0.243 e. The van der Waals surface area contributed by atoms with Crippen LogP contribution in [0.2, 0.25) is 0 Å². The molecule has 6 nitrogen and oxygen atoms in total. The first-order chi connectivity index (χ1) is 10.2. The highest BCUT2D eigenvalue weighted by Crippen LogP contribution is 2.23. The number of benzene rings is 1. The van der Waals surface area contributed by atoms with Crippen molar-refractivity contribution in [3.63, 3.8) is 0 Å². The largest absolute Gasteiger partial charge is 0.374 e. The van der Waals surface area contributed by atoms with Crippen LogP contribution in [0.1, 0.15) is 36.3 Å². The predicted octanol–water partition coefficient (Wildman–Crippen LogP) is 2.50. The smallest absolute Gasteiger partial charge is 0.243 e. The van der Waals surface area contributed by atoms with Crippen molar-refractivity contribution in [3.8, 4) is 0 Å². The molecule has 0 amide bonds. The number of nitrogens with zero attached hydrogens (tertiary/aromatic N) is 2. The van der Waals surface area contributed by atoms with Crippen molar-refractivity contribution in [3.05, 3.63) is 47.7 Å². The summed E-state index contributed by atoms with van der Waals surface area (Å²) >= 11 is 0. The van der Waals surface area contributed by atoms with E-state index < -0.39 is 0 Å². The maximum absolute atomic E-state index is 6.18. The van der Waals surface area contributed by atoms with Crippen LogP contribution < -0.4 is 5.73 Å². The number of methoxy groups -OCH3 is 1. The van der Waals surface area contributed by atoms with Crippen LogP contribution in [0.3, 0.4) is 0 Å². The lowest BCUT2D eigenvalue weighted by atomic mass is 10.1. The van der Waals surface area contributed by atoms with Crippen LogP contribution in [0.5, 0.6) is 0 Å². The topological polar surface area (TPSA) is 90.0 Å². The number of H-pyrrole nitrogens is 1. The van der Waals surface area contributed by atoms with Gasteiger partial charge in [0.15, 0.2) is 5.82 Å². The zero-order chi connectivity index (χ0) is 14.8. The molecular weight excluding hydrogens is 268 g/mol. The van der Waals surface area contributed by atoms with Gasteiger partial charge in [0.1, 0.15) is 6.10 Å². The molecule has 0 aliphatic heterocycles. The van der Waals surface area contributed by atoms with E-state index in [0.29, 0.717) is 18.1 Å². The molecule has 2 aromatic heterocycles. The lowest BCUT2D eigenvalue weighted by Crippen LogP contribution is -2.14. The minimum absolute atomic E-state index is 0.206. The number of aromatic amines is 1. The van der Waals surface area contributed by atoms with Gasteiger partial charge in [-0.05, 0) is 25.0 Å². The second-order valence-corrected chi connectivity index (χ2v) is 5.04. The lowest BCUT2D eigenvalue weighted by molar-refractivity contribution is 0.109. The first-order valence-corrected chi connectivity index (χ1v) is 6.86. The van der Waals surface area contributed by atoms with E-state index in [-0.39, 0.29) is 12.1 Å². The van der Waals surface area contributed by atoms with Gasteiger partial charge in [-0.1, -0.05) is 23.4 Å². The fourth-order valence-electron chi connectivity index (χ4n) is 2.29. The van der Waals surface area contributed by atoms with Gasteiger partial charge in [0.25, 0.3) is 0 Å². The number of nitrogens with one attached hydrogen (secondary N) is 1. The number of hydrogen-bond acceptors (Lipinski definition) is 5. The zero-order valence-electron chi connectivity index (χ0n) is 12.0. The van der Waals surface area contributed by atoms with Crippen molar-refractivity contribution in [1.29, 1.82) is 0 Å². The Hall–Kier alpha value is -2.18. The molecule has 2 heterocycles.